The maximum atomic E-state index is 13.7. The Morgan fingerprint density at radius 1 is 1.09 bits per heavy atom. The van der Waals surface area contributed by atoms with Crippen molar-refractivity contribution in [3.8, 4) is 0 Å². The van der Waals surface area contributed by atoms with Crippen LogP contribution in [-0.2, 0) is 11.3 Å². The van der Waals surface area contributed by atoms with E-state index in [2.05, 4.69) is 20.8 Å². The molecule has 1 aliphatic carbocycles. The van der Waals surface area contributed by atoms with Gasteiger partial charge in [0.25, 0.3) is 5.91 Å². The number of hydrogen-bond acceptors (Lipinski definition) is 3. The summed E-state index contributed by atoms with van der Waals surface area (Å²) in [5.41, 5.74) is 1.68. The van der Waals surface area contributed by atoms with Crippen LogP contribution < -0.4 is 0 Å². The number of aliphatic imine (C=N–C) groups is 1. The van der Waals surface area contributed by atoms with E-state index in [1.54, 1.807) is 42.5 Å². The van der Waals surface area contributed by atoms with E-state index in [0.29, 0.717) is 33.8 Å². The van der Waals surface area contributed by atoms with Crippen LogP contribution in [0.1, 0.15) is 67.9 Å². The quantitative estimate of drug-likeness (QED) is 0.539. The van der Waals surface area contributed by atoms with E-state index in [1.165, 1.54) is 0 Å². The molecule has 1 aliphatic heterocycles. The molecule has 1 amide bonds. The van der Waals surface area contributed by atoms with Gasteiger partial charge in [-0.05, 0) is 72.9 Å². The molecule has 1 N–H and O–H groups in total. The summed E-state index contributed by atoms with van der Waals surface area (Å²) in [5.74, 6) is -0.557. The average Bonchev–Trinajstić information content (AvgIpc) is 2.99. The number of carboxylic acid groups (broad SMARTS) is 1. The lowest BCUT2D eigenvalue weighted by molar-refractivity contribution is -0.130. The minimum Gasteiger partial charge on any atom is -0.478 e. The summed E-state index contributed by atoms with van der Waals surface area (Å²) in [6, 6.07) is 11.8. The summed E-state index contributed by atoms with van der Waals surface area (Å²) in [5, 5.41) is 10.1. The molecule has 7 heteroatoms. The Balaban J connectivity index is 1.69. The van der Waals surface area contributed by atoms with Gasteiger partial charge in [0.2, 0.25) is 0 Å². The predicted octanol–water partition coefficient (Wildman–Crippen LogP) is 6.46. The van der Waals surface area contributed by atoms with E-state index in [1.807, 2.05) is 4.90 Å². The molecule has 4 rings (SSSR count). The van der Waals surface area contributed by atoms with Gasteiger partial charge >= 0.3 is 5.97 Å². The number of carboxylic acids is 1. The smallest absolute Gasteiger partial charge is 0.335 e. The van der Waals surface area contributed by atoms with Crippen LogP contribution in [0.5, 0.6) is 0 Å². The van der Waals surface area contributed by atoms with Crippen LogP contribution in [0, 0.1) is 11.3 Å². The van der Waals surface area contributed by atoms with Crippen molar-refractivity contribution >= 4 is 40.8 Å². The molecule has 1 fully saturated rings. The van der Waals surface area contributed by atoms with E-state index < -0.39 is 11.6 Å². The average molecular weight is 487 g/mol. The van der Waals surface area contributed by atoms with Crippen molar-refractivity contribution in [2.45, 2.75) is 58.7 Å². The van der Waals surface area contributed by atoms with Gasteiger partial charge in [-0.3, -0.25) is 9.79 Å². The number of aromatic carboxylic acids is 1. The van der Waals surface area contributed by atoms with E-state index in [-0.39, 0.29) is 16.9 Å². The van der Waals surface area contributed by atoms with Crippen LogP contribution in [0.2, 0.25) is 10.0 Å². The minimum absolute atomic E-state index is 0.148. The molecule has 174 valence electrons. The molecule has 0 atom stereocenters. The first-order valence-electron chi connectivity index (χ1n) is 11.2. The lowest BCUT2D eigenvalue weighted by Crippen LogP contribution is -2.49. The van der Waals surface area contributed by atoms with E-state index in [0.717, 1.165) is 31.2 Å². The molecule has 0 aromatic heterocycles. The van der Waals surface area contributed by atoms with Crippen LogP contribution in [0.25, 0.3) is 0 Å². The Kier molecular flexibility index (Phi) is 6.32. The second-order valence-electron chi connectivity index (χ2n) is 10.1. The summed E-state index contributed by atoms with van der Waals surface area (Å²) in [6.07, 6.45) is 3.54. The summed E-state index contributed by atoms with van der Waals surface area (Å²) in [4.78, 5) is 31.8. The van der Waals surface area contributed by atoms with Crippen LogP contribution in [0.15, 0.2) is 47.5 Å². The monoisotopic (exact) mass is 486 g/mol. The molecule has 0 saturated heterocycles. The number of carbonyl (C=O) groups is 2. The zero-order valence-corrected chi connectivity index (χ0v) is 20.6. The Morgan fingerprint density at radius 3 is 2.18 bits per heavy atom. The van der Waals surface area contributed by atoms with Gasteiger partial charge in [-0.1, -0.05) is 56.1 Å². The molecule has 33 heavy (non-hydrogen) atoms. The SMILES string of the molecule is CC(C)(C)C1CCC2(CC1)N=C(c1cc(Cl)cc(Cl)c1)C(=O)N2Cc1ccc(C(=O)O)cc1. The van der Waals surface area contributed by atoms with E-state index in [9.17, 15) is 14.7 Å². The standard InChI is InChI=1S/C26H28Cl2N2O3/c1-25(2,3)19-8-10-26(11-9-19)29-22(18-12-20(27)14-21(28)13-18)23(31)30(26)15-16-4-6-17(7-5-16)24(32)33/h4-7,12-14,19H,8-11,15H2,1-3H3,(H,32,33). The highest BCUT2D eigenvalue weighted by molar-refractivity contribution is 6.47. The summed E-state index contributed by atoms with van der Waals surface area (Å²) >= 11 is 12.4. The van der Waals surface area contributed by atoms with Gasteiger partial charge in [0.15, 0.2) is 0 Å². The second kappa shape index (κ2) is 8.77. The number of rotatable bonds is 4. The molecule has 1 spiro atoms. The highest BCUT2D eigenvalue weighted by Crippen LogP contribution is 2.47. The number of amides is 1. The number of nitrogens with zero attached hydrogens (tertiary/aromatic N) is 2. The van der Waals surface area contributed by atoms with Crippen molar-refractivity contribution in [3.05, 3.63) is 69.2 Å². The van der Waals surface area contributed by atoms with Gasteiger partial charge in [-0.2, -0.15) is 0 Å². The molecule has 0 unspecified atom stereocenters. The first-order chi connectivity index (χ1) is 15.5. The Bertz CT molecular complexity index is 1090. The van der Waals surface area contributed by atoms with Gasteiger partial charge in [0, 0.05) is 22.2 Å². The lowest BCUT2D eigenvalue weighted by Gasteiger charge is -2.44. The molecule has 2 aromatic rings. The summed E-state index contributed by atoms with van der Waals surface area (Å²) in [7, 11) is 0. The van der Waals surface area contributed by atoms with Crippen LogP contribution in [0.3, 0.4) is 0 Å². The molecule has 2 aromatic carbocycles. The number of carbonyl (C=O) groups excluding carboxylic acids is 1. The van der Waals surface area contributed by atoms with Crippen molar-refractivity contribution in [1.82, 2.24) is 4.90 Å². The van der Waals surface area contributed by atoms with Crippen molar-refractivity contribution in [3.63, 3.8) is 0 Å². The lowest BCUT2D eigenvalue weighted by atomic mass is 9.69. The van der Waals surface area contributed by atoms with Crippen molar-refractivity contribution < 1.29 is 14.7 Å². The van der Waals surface area contributed by atoms with E-state index >= 15 is 0 Å². The predicted molar refractivity (Wildman–Crippen MR) is 131 cm³/mol. The molecule has 0 bridgehead atoms. The van der Waals surface area contributed by atoms with Gasteiger partial charge < -0.3 is 10.0 Å². The summed E-state index contributed by atoms with van der Waals surface area (Å²) < 4.78 is 0. The van der Waals surface area contributed by atoms with Crippen LogP contribution in [-0.4, -0.2) is 33.3 Å². The topological polar surface area (TPSA) is 70.0 Å². The second-order valence-corrected chi connectivity index (χ2v) is 11.0. The van der Waals surface area contributed by atoms with Gasteiger partial charge in [-0.25, -0.2) is 4.79 Å². The fourth-order valence-corrected chi connectivity index (χ4v) is 5.52. The fourth-order valence-electron chi connectivity index (χ4n) is 4.99. The zero-order chi connectivity index (χ0) is 24.0. The molecule has 2 aliphatic rings. The molecule has 5 nitrogen and oxygen atoms in total. The molecule has 0 radical (unpaired) electrons. The number of halogens is 2. The first kappa shape index (κ1) is 23.8. The largest absolute Gasteiger partial charge is 0.478 e. The molecule has 1 heterocycles. The van der Waals surface area contributed by atoms with Gasteiger partial charge in [0.05, 0.1) is 5.56 Å². The highest BCUT2D eigenvalue weighted by Gasteiger charge is 2.50. The minimum atomic E-state index is -0.973. The maximum absolute atomic E-state index is 13.7. The van der Waals surface area contributed by atoms with Crippen LogP contribution in [0.4, 0.5) is 0 Å². The van der Waals surface area contributed by atoms with Crippen molar-refractivity contribution in [2.24, 2.45) is 16.3 Å². The Labute approximate surface area is 204 Å². The van der Waals surface area contributed by atoms with E-state index in [4.69, 9.17) is 28.2 Å². The molecule has 1 saturated carbocycles. The molecular formula is C26H28Cl2N2O3. The summed E-state index contributed by atoms with van der Waals surface area (Å²) in [6.45, 7) is 7.15. The third kappa shape index (κ3) is 4.80. The van der Waals surface area contributed by atoms with Crippen LogP contribution >= 0.6 is 23.2 Å². The highest BCUT2D eigenvalue weighted by atomic mass is 35.5. The first-order valence-corrected chi connectivity index (χ1v) is 11.9. The third-order valence-electron chi connectivity index (χ3n) is 6.96. The third-order valence-corrected chi connectivity index (χ3v) is 7.40. The number of hydrogen-bond donors (Lipinski definition) is 1. The van der Waals surface area contributed by atoms with Gasteiger partial charge in [0.1, 0.15) is 11.4 Å². The van der Waals surface area contributed by atoms with Crippen molar-refractivity contribution in [2.75, 3.05) is 0 Å². The fraction of sp³-hybridized carbons (Fsp3) is 0.423. The zero-order valence-electron chi connectivity index (χ0n) is 19.1. The maximum Gasteiger partial charge on any atom is 0.335 e. The Morgan fingerprint density at radius 2 is 1.67 bits per heavy atom. The van der Waals surface area contributed by atoms with Crippen molar-refractivity contribution in [1.29, 1.82) is 0 Å². The normalized spacial score (nSPS) is 23.2. The van der Waals surface area contributed by atoms with Gasteiger partial charge in [-0.15, -0.1) is 0 Å². The number of benzene rings is 2. The Hall–Kier alpha value is -2.37. The molecular weight excluding hydrogens is 459 g/mol.